The summed E-state index contributed by atoms with van der Waals surface area (Å²) in [5.74, 6) is 0. The van der Waals surface area contributed by atoms with Gasteiger partial charge in [-0.1, -0.05) is 69.2 Å². The van der Waals surface area contributed by atoms with Crippen LogP contribution in [0.15, 0.2) is 36.5 Å². The number of pyridine rings is 1. The number of nitrogen functional groups attached to an aromatic ring is 1. The molecule has 178 valence electrons. The number of carbonyl (C=O) groups is 1. The summed E-state index contributed by atoms with van der Waals surface area (Å²) in [6.45, 7) is 22.0. The summed E-state index contributed by atoms with van der Waals surface area (Å²) >= 11 is 0. The zero-order valence-electron chi connectivity index (χ0n) is 21.9. The minimum Gasteiger partial charge on any atom is -0.399 e. The topological polar surface area (TPSA) is 96.7 Å². The lowest BCUT2D eigenvalue weighted by Gasteiger charge is -1.97. The maximum absolute atomic E-state index is 10.1. The maximum atomic E-state index is 10.1. The molecule has 2 aromatic heterocycles. The highest BCUT2D eigenvalue weighted by atomic mass is 16.1. The van der Waals surface area contributed by atoms with Crippen LogP contribution < -0.4 is 11.1 Å². The third-order valence-corrected chi connectivity index (χ3v) is 2.96. The molecule has 3 rings (SSSR count). The number of anilines is 2. The SMILES string of the molecule is CC.CC.CC.CC.CC.CNc1cnc2n[nH]c(C)c2c1.Nc1ccc(C=O)cc1. The molecule has 0 saturated carbocycles. The molecule has 2 heterocycles. The lowest BCUT2D eigenvalue weighted by Crippen LogP contribution is -1.88. The van der Waals surface area contributed by atoms with Crippen molar-refractivity contribution in [3.63, 3.8) is 0 Å². The molecule has 0 aliphatic carbocycles. The molecule has 0 amide bonds. The second-order valence-corrected chi connectivity index (χ2v) is 4.48. The highest BCUT2D eigenvalue weighted by Crippen LogP contribution is 2.16. The van der Waals surface area contributed by atoms with Crippen LogP contribution in [0.2, 0.25) is 0 Å². The van der Waals surface area contributed by atoms with Crippen LogP contribution in [0.1, 0.15) is 85.3 Å². The summed E-state index contributed by atoms with van der Waals surface area (Å²) in [7, 11) is 1.87. The first-order chi connectivity index (χ1) is 15.1. The minimum atomic E-state index is 0.657. The quantitative estimate of drug-likeness (QED) is 0.287. The number of benzene rings is 1. The molecule has 4 N–H and O–H groups in total. The van der Waals surface area contributed by atoms with Gasteiger partial charge in [-0.3, -0.25) is 9.89 Å². The van der Waals surface area contributed by atoms with E-state index in [1.165, 1.54) is 0 Å². The Morgan fingerprint density at radius 1 is 0.903 bits per heavy atom. The van der Waals surface area contributed by atoms with E-state index in [0.717, 1.165) is 28.7 Å². The van der Waals surface area contributed by atoms with Crippen molar-refractivity contribution < 1.29 is 4.79 Å². The molecule has 1 aromatic carbocycles. The molecule has 0 unspecified atom stereocenters. The van der Waals surface area contributed by atoms with Crippen molar-refractivity contribution in [3.05, 3.63) is 47.8 Å². The Kier molecular flexibility index (Phi) is 31.1. The summed E-state index contributed by atoms with van der Waals surface area (Å²) in [6.07, 6.45) is 2.56. The van der Waals surface area contributed by atoms with E-state index in [-0.39, 0.29) is 0 Å². The lowest BCUT2D eigenvalue weighted by atomic mass is 10.2. The number of nitrogens with zero attached hydrogens (tertiary/aromatic N) is 2. The normalized spacial score (nSPS) is 7.61. The molecule has 0 fully saturated rings. The Morgan fingerprint density at radius 3 is 1.81 bits per heavy atom. The Balaban J connectivity index is -0.000000171. The number of H-pyrrole nitrogens is 1. The van der Waals surface area contributed by atoms with Crippen molar-refractivity contribution in [2.45, 2.75) is 76.2 Å². The number of nitrogens with two attached hydrogens (primary N) is 1. The molecule has 6 heteroatoms. The fourth-order valence-corrected chi connectivity index (χ4v) is 1.73. The van der Waals surface area contributed by atoms with Gasteiger partial charge in [-0.05, 0) is 37.3 Å². The van der Waals surface area contributed by atoms with Gasteiger partial charge in [-0.2, -0.15) is 5.10 Å². The second-order valence-electron chi connectivity index (χ2n) is 4.48. The van der Waals surface area contributed by atoms with Gasteiger partial charge in [0, 0.05) is 29.4 Å². The second kappa shape index (κ2) is 27.1. The van der Waals surface area contributed by atoms with Crippen LogP contribution in [0, 0.1) is 6.92 Å². The van der Waals surface area contributed by atoms with E-state index >= 15 is 0 Å². The Labute approximate surface area is 191 Å². The highest BCUT2D eigenvalue weighted by Gasteiger charge is 2.01. The van der Waals surface area contributed by atoms with Crippen molar-refractivity contribution in [2.75, 3.05) is 18.1 Å². The standard InChI is InChI=1S/C8H10N4.C7H7NO.5C2H6/c1-5-7-3-6(9-2)4-10-8(7)12-11-5;8-7-3-1-6(5-9)2-4-7;5*1-2/h3-4,9H,1-2H3,(H,10,11,12);1-5H,8H2;5*1-2H3. The molecule has 0 saturated heterocycles. The third kappa shape index (κ3) is 15.6. The smallest absolute Gasteiger partial charge is 0.181 e. The summed E-state index contributed by atoms with van der Waals surface area (Å²) < 4.78 is 0. The van der Waals surface area contributed by atoms with Gasteiger partial charge in [-0.15, -0.1) is 0 Å². The van der Waals surface area contributed by atoms with E-state index in [1.54, 1.807) is 30.5 Å². The predicted molar refractivity (Wildman–Crippen MR) is 141 cm³/mol. The fraction of sp³-hybridized carbons (Fsp3) is 0.480. The van der Waals surface area contributed by atoms with Crippen LogP contribution in [-0.4, -0.2) is 28.5 Å². The minimum absolute atomic E-state index is 0.657. The van der Waals surface area contributed by atoms with E-state index in [4.69, 9.17) is 5.73 Å². The first-order valence-electron chi connectivity index (χ1n) is 11.4. The molecule has 6 nitrogen and oxygen atoms in total. The third-order valence-electron chi connectivity index (χ3n) is 2.96. The first kappa shape index (κ1) is 35.5. The number of aryl methyl sites for hydroxylation is 1. The first-order valence-corrected chi connectivity index (χ1v) is 11.4. The van der Waals surface area contributed by atoms with E-state index in [1.807, 2.05) is 89.3 Å². The summed E-state index contributed by atoms with van der Waals surface area (Å²) in [4.78, 5) is 14.2. The van der Waals surface area contributed by atoms with E-state index in [0.29, 0.717) is 11.3 Å². The number of nitrogens with one attached hydrogen (secondary N) is 2. The number of carbonyl (C=O) groups excluding carboxylic acids is 1. The van der Waals surface area contributed by atoms with Crippen LogP contribution in [0.5, 0.6) is 0 Å². The van der Waals surface area contributed by atoms with Crippen molar-refractivity contribution in [1.82, 2.24) is 15.2 Å². The summed E-state index contributed by atoms with van der Waals surface area (Å²) in [5.41, 5.74) is 9.53. The van der Waals surface area contributed by atoms with Gasteiger partial charge in [0.15, 0.2) is 5.65 Å². The molecule has 31 heavy (non-hydrogen) atoms. The highest BCUT2D eigenvalue weighted by molar-refractivity contribution is 5.80. The molecule has 0 spiro atoms. The number of aromatic nitrogens is 3. The lowest BCUT2D eigenvalue weighted by molar-refractivity contribution is 0.112. The van der Waals surface area contributed by atoms with Gasteiger partial charge in [0.2, 0.25) is 0 Å². The Morgan fingerprint density at radius 2 is 1.39 bits per heavy atom. The number of hydrogen-bond acceptors (Lipinski definition) is 5. The van der Waals surface area contributed by atoms with Gasteiger partial charge in [0.25, 0.3) is 0 Å². The van der Waals surface area contributed by atoms with E-state index < -0.39 is 0 Å². The van der Waals surface area contributed by atoms with E-state index in [2.05, 4.69) is 20.5 Å². The van der Waals surface area contributed by atoms with Gasteiger partial charge in [0.05, 0.1) is 11.9 Å². The average molecular weight is 434 g/mol. The van der Waals surface area contributed by atoms with Gasteiger partial charge in [0.1, 0.15) is 6.29 Å². The number of aldehydes is 1. The maximum Gasteiger partial charge on any atom is 0.181 e. The van der Waals surface area contributed by atoms with Crippen molar-refractivity contribution in [1.29, 1.82) is 0 Å². The molecular formula is C25H47N5O. The van der Waals surface area contributed by atoms with Crippen LogP contribution >= 0.6 is 0 Å². The van der Waals surface area contributed by atoms with Crippen molar-refractivity contribution in [2.24, 2.45) is 0 Å². The molecule has 0 atom stereocenters. The number of fused-ring (bicyclic) bond motifs is 1. The summed E-state index contributed by atoms with van der Waals surface area (Å²) in [6, 6.07) is 8.79. The molecule has 3 aromatic rings. The van der Waals surface area contributed by atoms with Crippen molar-refractivity contribution in [3.8, 4) is 0 Å². The average Bonchev–Trinajstić information content (AvgIpc) is 3.26. The molecule has 0 bridgehead atoms. The number of aromatic amines is 1. The molecule has 0 aliphatic heterocycles. The van der Waals surface area contributed by atoms with Crippen LogP contribution in [0.4, 0.5) is 11.4 Å². The van der Waals surface area contributed by atoms with Crippen LogP contribution in [-0.2, 0) is 0 Å². The molecular weight excluding hydrogens is 386 g/mol. The van der Waals surface area contributed by atoms with Gasteiger partial charge >= 0.3 is 0 Å². The van der Waals surface area contributed by atoms with Crippen LogP contribution in [0.3, 0.4) is 0 Å². The molecule has 0 radical (unpaired) electrons. The van der Waals surface area contributed by atoms with Crippen molar-refractivity contribution >= 4 is 28.7 Å². The Hall–Kier alpha value is -2.89. The number of hydrogen-bond donors (Lipinski definition) is 3. The monoisotopic (exact) mass is 433 g/mol. The van der Waals surface area contributed by atoms with E-state index in [9.17, 15) is 4.79 Å². The zero-order valence-corrected chi connectivity index (χ0v) is 21.9. The predicted octanol–water partition coefficient (Wildman–Crippen LogP) is 7.52. The zero-order chi connectivity index (χ0) is 25.2. The number of rotatable bonds is 2. The molecule has 0 aliphatic rings. The fourth-order valence-electron chi connectivity index (χ4n) is 1.73. The Bertz CT molecular complexity index is 737. The van der Waals surface area contributed by atoms with Gasteiger partial charge < -0.3 is 11.1 Å². The summed E-state index contributed by atoms with van der Waals surface area (Å²) in [5, 5.41) is 11.0. The van der Waals surface area contributed by atoms with Crippen LogP contribution in [0.25, 0.3) is 11.0 Å². The van der Waals surface area contributed by atoms with Gasteiger partial charge in [-0.25, -0.2) is 4.98 Å². The largest absolute Gasteiger partial charge is 0.399 e.